The third-order valence-corrected chi connectivity index (χ3v) is 13.6. The van der Waals surface area contributed by atoms with E-state index in [0.717, 1.165) is 0 Å². The fourth-order valence-corrected chi connectivity index (χ4v) is 11.6. The first kappa shape index (κ1) is 27.5. The Bertz CT molecular complexity index is 1040. The zero-order chi connectivity index (χ0) is 26.4. The molecule has 10 nitrogen and oxygen atoms in total. The van der Waals surface area contributed by atoms with Crippen LogP contribution in [-0.4, -0.2) is 71.3 Å². The highest BCUT2D eigenvalue weighted by Gasteiger charge is 2.57. The van der Waals surface area contributed by atoms with Gasteiger partial charge in [0.2, 0.25) is 5.88 Å². The highest BCUT2D eigenvalue weighted by atomic mass is 35.5. The minimum absolute atomic E-state index is 0.273. The summed E-state index contributed by atoms with van der Waals surface area (Å²) in [6.07, 6.45) is -0.284. The van der Waals surface area contributed by atoms with E-state index >= 15 is 0 Å². The summed E-state index contributed by atoms with van der Waals surface area (Å²) in [6.45, 7) is 18.1. The van der Waals surface area contributed by atoms with Gasteiger partial charge in [0.15, 0.2) is 26.0 Å². The summed E-state index contributed by atoms with van der Waals surface area (Å²) in [5, 5.41) is 5.19. The van der Waals surface area contributed by atoms with Gasteiger partial charge >= 0.3 is 0 Å². The van der Waals surface area contributed by atoms with E-state index in [0.29, 0.717) is 46.0 Å². The van der Waals surface area contributed by atoms with E-state index in [2.05, 4.69) is 56.6 Å². The summed E-state index contributed by atoms with van der Waals surface area (Å²) in [7, 11) is -2.11. The van der Waals surface area contributed by atoms with E-state index in [1.807, 2.05) is 13.8 Å². The van der Waals surface area contributed by atoms with Crippen LogP contribution in [0.25, 0.3) is 11.0 Å². The molecule has 2 aliphatic heterocycles. The van der Waals surface area contributed by atoms with Crippen LogP contribution in [0.3, 0.4) is 0 Å². The molecule has 2 saturated heterocycles. The van der Waals surface area contributed by atoms with Crippen LogP contribution in [0.2, 0.25) is 16.6 Å². The van der Waals surface area contributed by atoms with Gasteiger partial charge in [-0.15, -0.1) is 16.7 Å². The minimum Gasteiger partial charge on any atom is -0.475 e. The Morgan fingerprint density at radius 2 is 1.72 bits per heavy atom. The highest BCUT2D eigenvalue weighted by molar-refractivity contribution is 6.77. The molecule has 0 bridgehead atoms. The number of nitrogen functional groups attached to an aromatic ring is 1. The number of ether oxygens (including phenoxy) is 4. The van der Waals surface area contributed by atoms with Crippen molar-refractivity contribution in [1.29, 1.82) is 0 Å². The summed E-state index contributed by atoms with van der Waals surface area (Å²) in [5.74, 6) is 0.126. The molecule has 4 heterocycles. The lowest BCUT2D eigenvalue weighted by Gasteiger charge is -2.43. The maximum absolute atomic E-state index is 6.89. The Labute approximate surface area is 219 Å². The molecular formula is C24H40ClN5O5Si. The third-order valence-electron chi connectivity index (χ3n) is 7.37. The Balaban J connectivity index is 1.68. The van der Waals surface area contributed by atoms with Gasteiger partial charge in [-0.2, -0.15) is 0 Å². The van der Waals surface area contributed by atoms with Crippen LogP contribution in [0.5, 0.6) is 5.88 Å². The van der Waals surface area contributed by atoms with Gasteiger partial charge in [-0.05, 0) is 30.5 Å². The van der Waals surface area contributed by atoms with E-state index in [1.165, 1.54) is 6.33 Å². The number of rotatable bonds is 10. The second kappa shape index (κ2) is 10.3. The van der Waals surface area contributed by atoms with Crippen LogP contribution in [0.4, 0.5) is 5.82 Å². The van der Waals surface area contributed by atoms with E-state index < -0.39 is 26.4 Å². The number of nitrogens with two attached hydrogens (primary N) is 1. The van der Waals surface area contributed by atoms with Crippen molar-refractivity contribution in [2.24, 2.45) is 0 Å². The SMILES string of the molecule is CC(C)[Si](OC[C@H]1O[C@@H](n2nc(OCCCl)c3c(N)ncnc32)[C@@H]2OC(C)(C)O[C@@H]21)(C(C)C)C(C)C. The van der Waals surface area contributed by atoms with Crippen molar-refractivity contribution in [2.45, 2.75) is 102 Å². The first-order valence-electron chi connectivity index (χ1n) is 12.7. The van der Waals surface area contributed by atoms with Crippen LogP contribution < -0.4 is 10.5 Å². The first-order valence-corrected chi connectivity index (χ1v) is 15.4. The zero-order valence-electron chi connectivity index (χ0n) is 22.5. The monoisotopic (exact) mass is 541 g/mol. The van der Waals surface area contributed by atoms with Crippen LogP contribution >= 0.6 is 11.6 Å². The Kier molecular flexibility index (Phi) is 7.91. The first-order chi connectivity index (χ1) is 16.9. The lowest BCUT2D eigenvalue weighted by atomic mass is 10.1. The molecule has 2 fully saturated rings. The van der Waals surface area contributed by atoms with Crippen molar-refractivity contribution in [3.8, 4) is 5.88 Å². The fraction of sp³-hybridized carbons (Fsp3) is 0.792. The second-order valence-electron chi connectivity index (χ2n) is 11.0. The molecule has 0 aromatic carbocycles. The van der Waals surface area contributed by atoms with Crippen LogP contribution in [-0.2, 0) is 18.6 Å². The molecule has 0 unspecified atom stereocenters. The summed E-state index contributed by atoms with van der Waals surface area (Å²) >= 11 is 5.84. The lowest BCUT2D eigenvalue weighted by molar-refractivity contribution is -0.200. The van der Waals surface area contributed by atoms with Crippen molar-refractivity contribution in [1.82, 2.24) is 19.7 Å². The number of hydrogen-bond acceptors (Lipinski definition) is 9. The smallest absolute Gasteiger partial charge is 0.246 e. The van der Waals surface area contributed by atoms with Crippen LogP contribution in [0.15, 0.2) is 6.33 Å². The molecule has 0 radical (unpaired) electrons. The predicted molar refractivity (Wildman–Crippen MR) is 141 cm³/mol. The largest absolute Gasteiger partial charge is 0.475 e. The molecule has 4 rings (SSSR count). The van der Waals surface area contributed by atoms with Crippen LogP contribution in [0, 0.1) is 0 Å². The average Bonchev–Trinajstić information content (AvgIpc) is 3.41. The molecular weight excluding hydrogens is 502 g/mol. The molecule has 2 aliphatic rings. The Morgan fingerprint density at radius 1 is 1.08 bits per heavy atom. The Morgan fingerprint density at radius 3 is 2.33 bits per heavy atom. The fourth-order valence-electron chi connectivity index (χ4n) is 6.09. The number of nitrogens with zero attached hydrogens (tertiary/aromatic N) is 4. The summed E-state index contributed by atoms with van der Waals surface area (Å²) in [5.41, 5.74) is 8.04. The molecule has 0 aliphatic carbocycles. The van der Waals surface area contributed by atoms with Gasteiger partial charge in [0.25, 0.3) is 0 Å². The number of anilines is 1. The van der Waals surface area contributed by atoms with E-state index in [4.69, 9.17) is 40.7 Å². The van der Waals surface area contributed by atoms with Gasteiger partial charge in [-0.25, -0.2) is 14.6 Å². The number of halogens is 1. The highest BCUT2D eigenvalue weighted by Crippen LogP contribution is 2.47. The van der Waals surface area contributed by atoms with Crippen molar-refractivity contribution >= 4 is 36.8 Å². The average molecular weight is 542 g/mol. The quantitative estimate of drug-likeness (QED) is 0.339. The number of fused-ring (bicyclic) bond motifs is 2. The molecule has 4 atom stereocenters. The topological polar surface area (TPSA) is 116 Å². The lowest BCUT2D eigenvalue weighted by Crippen LogP contribution is -2.50. The molecule has 12 heteroatoms. The van der Waals surface area contributed by atoms with Gasteiger partial charge in [0.1, 0.15) is 42.5 Å². The molecule has 36 heavy (non-hydrogen) atoms. The molecule has 0 spiro atoms. The van der Waals surface area contributed by atoms with Gasteiger partial charge in [0.05, 0.1) is 12.5 Å². The molecule has 0 saturated carbocycles. The zero-order valence-corrected chi connectivity index (χ0v) is 24.3. The molecule has 2 N–H and O–H groups in total. The Hall–Kier alpha value is -1.50. The molecule has 2 aromatic rings. The van der Waals surface area contributed by atoms with Crippen molar-refractivity contribution in [2.75, 3.05) is 24.8 Å². The van der Waals surface area contributed by atoms with E-state index in [1.54, 1.807) is 4.68 Å². The van der Waals surface area contributed by atoms with Crippen molar-refractivity contribution in [3.05, 3.63) is 6.33 Å². The standard InChI is InChI=1S/C24H40ClN5O5Si/c1-13(2)36(14(3)4,15(5)6)32-11-16-18-19(35-24(7,8)34-18)23(33-16)30-21-17(20(26)27-12-28-21)22(29-30)31-10-9-25/h12-16,18-19,23H,9-11H2,1-8H3,(H2,26,27,28)/t16-,18-,19-,23-/m1/s1. The molecule has 2 aromatic heterocycles. The minimum atomic E-state index is -2.11. The maximum Gasteiger partial charge on any atom is 0.246 e. The summed E-state index contributed by atoms with van der Waals surface area (Å²) in [4.78, 5) is 8.56. The third kappa shape index (κ3) is 4.74. The van der Waals surface area contributed by atoms with E-state index in [-0.39, 0.29) is 24.6 Å². The molecule has 0 amide bonds. The van der Waals surface area contributed by atoms with E-state index in [9.17, 15) is 0 Å². The number of hydrogen-bond donors (Lipinski definition) is 1. The second-order valence-corrected chi connectivity index (χ2v) is 16.8. The van der Waals surface area contributed by atoms with Gasteiger partial charge < -0.3 is 29.1 Å². The van der Waals surface area contributed by atoms with Crippen molar-refractivity contribution in [3.63, 3.8) is 0 Å². The summed E-state index contributed by atoms with van der Waals surface area (Å²) in [6, 6.07) is 0. The number of alkyl halides is 1. The normalized spacial score (nSPS) is 26.0. The van der Waals surface area contributed by atoms with Gasteiger partial charge in [-0.3, -0.25) is 0 Å². The van der Waals surface area contributed by atoms with Gasteiger partial charge in [0, 0.05) is 0 Å². The summed E-state index contributed by atoms with van der Waals surface area (Å²) < 4.78 is 33.6. The molecule has 202 valence electrons. The maximum atomic E-state index is 6.89. The predicted octanol–water partition coefficient (Wildman–Crippen LogP) is 4.64. The number of aromatic nitrogens is 4. The van der Waals surface area contributed by atoms with Gasteiger partial charge in [-0.1, -0.05) is 41.5 Å². The van der Waals surface area contributed by atoms with Crippen LogP contribution in [0.1, 0.15) is 61.6 Å². The van der Waals surface area contributed by atoms with Crippen molar-refractivity contribution < 1.29 is 23.4 Å².